The third-order valence-electron chi connectivity index (χ3n) is 3.65. The molecule has 4 aromatic rings. The van der Waals surface area contributed by atoms with Gasteiger partial charge in [-0.15, -0.1) is 10.2 Å². The van der Waals surface area contributed by atoms with E-state index < -0.39 is 11.3 Å². The van der Waals surface area contributed by atoms with Gasteiger partial charge < -0.3 is 9.52 Å². The highest BCUT2D eigenvalue weighted by molar-refractivity contribution is 5.60. The van der Waals surface area contributed by atoms with E-state index in [1.807, 2.05) is 0 Å². The second kappa shape index (κ2) is 5.82. The normalized spacial score (nSPS) is 11.1. The molecule has 0 radical (unpaired) electrons. The summed E-state index contributed by atoms with van der Waals surface area (Å²) in [6.45, 7) is 0. The fourth-order valence-electron chi connectivity index (χ4n) is 2.43. The lowest BCUT2D eigenvalue weighted by molar-refractivity contribution is 0.457. The van der Waals surface area contributed by atoms with Crippen molar-refractivity contribution in [3.8, 4) is 17.3 Å². The molecular formula is C17H11FN4O3. The monoisotopic (exact) mass is 338 g/mol. The molecule has 0 aliphatic heterocycles. The molecule has 0 bridgehead atoms. The third kappa shape index (κ3) is 2.74. The van der Waals surface area contributed by atoms with Gasteiger partial charge in [-0.25, -0.2) is 9.37 Å². The molecule has 124 valence electrons. The van der Waals surface area contributed by atoms with E-state index in [-0.39, 0.29) is 23.3 Å². The van der Waals surface area contributed by atoms with Crippen molar-refractivity contribution in [1.82, 2.24) is 19.6 Å². The van der Waals surface area contributed by atoms with Crippen LogP contribution in [-0.2, 0) is 6.42 Å². The Hall–Kier alpha value is -3.55. The number of rotatable bonds is 3. The maximum Gasteiger partial charge on any atom is 0.300 e. The van der Waals surface area contributed by atoms with Gasteiger partial charge in [0.25, 0.3) is 5.89 Å². The van der Waals surface area contributed by atoms with Gasteiger partial charge in [0.15, 0.2) is 5.69 Å². The van der Waals surface area contributed by atoms with Crippen molar-refractivity contribution in [3.63, 3.8) is 0 Å². The van der Waals surface area contributed by atoms with Gasteiger partial charge >= 0.3 is 5.56 Å². The molecule has 1 aromatic carbocycles. The Morgan fingerprint density at radius 2 is 1.92 bits per heavy atom. The average molecular weight is 338 g/mol. The Balaban J connectivity index is 1.72. The van der Waals surface area contributed by atoms with Crippen molar-refractivity contribution < 1.29 is 13.9 Å². The zero-order valence-corrected chi connectivity index (χ0v) is 12.8. The zero-order valence-electron chi connectivity index (χ0n) is 12.8. The average Bonchev–Trinajstić information content (AvgIpc) is 3.08. The number of hydrogen-bond acceptors (Lipinski definition) is 6. The van der Waals surface area contributed by atoms with Crippen LogP contribution in [-0.4, -0.2) is 24.7 Å². The number of nitrogens with zero attached hydrogens (tertiary/aromatic N) is 4. The number of halogens is 1. The number of pyridine rings is 1. The van der Waals surface area contributed by atoms with Gasteiger partial charge in [-0.05, 0) is 29.8 Å². The Bertz CT molecular complexity index is 1120. The van der Waals surface area contributed by atoms with Crippen LogP contribution in [0.5, 0.6) is 5.75 Å². The first-order valence-electron chi connectivity index (χ1n) is 7.39. The molecule has 8 heteroatoms. The second-order valence-electron chi connectivity index (χ2n) is 5.35. The number of fused-ring (bicyclic) bond motifs is 1. The molecule has 4 rings (SSSR count). The number of hydrogen-bond donors (Lipinski definition) is 1. The van der Waals surface area contributed by atoms with E-state index >= 15 is 0 Å². The van der Waals surface area contributed by atoms with Crippen molar-refractivity contribution >= 4 is 5.65 Å². The van der Waals surface area contributed by atoms with Gasteiger partial charge in [-0.3, -0.25) is 9.20 Å². The predicted octanol–water partition coefficient (Wildman–Crippen LogP) is 2.18. The highest BCUT2D eigenvalue weighted by Crippen LogP contribution is 2.24. The van der Waals surface area contributed by atoms with E-state index in [0.717, 1.165) is 5.56 Å². The number of benzene rings is 1. The van der Waals surface area contributed by atoms with E-state index in [4.69, 9.17) is 4.42 Å². The molecular weight excluding hydrogens is 327 g/mol. The summed E-state index contributed by atoms with van der Waals surface area (Å²) < 4.78 is 19.7. The van der Waals surface area contributed by atoms with Crippen LogP contribution in [0.4, 0.5) is 4.39 Å². The molecule has 0 atom stereocenters. The summed E-state index contributed by atoms with van der Waals surface area (Å²) in [4.78, 5) is 16.4. The van der Waals surface area contributed by atoms with Crippen molar-refractivity contribution in [1.29, 1.82) is 0 Å². The predicted molar refractivity (Wildman–Crippen MR) is 85.6 cm³/mol. The maximum atomic E-state index is 12.9. The van der Waals surface area contributed by atoms with Crippen LogP contribution >= 0.6 is 0 Å². The first-order chi connectivity index (χ1) is 12.1. The van der Waals surface area contributed by atoms with E-state index in [1.54, 1.807) is 30.3 Å². The fourth-order valence-corrected chi connectivity index (χ4v) is 2.43. The van der Waals surface area contributed by atoms with Crippen molar-refractivity contribution in [2.24, 2.45) is 0 Å². The topological polar surface area (TPSA) is 93.5 Å². The van der Waals surface area contributed by atoms with Crippen LogP contribution in [0.1, 0.15) is 11.5 Å². The summed E-state index contributed by atoms with van der Waals surface area (Å²) in [5.74, 6) is -0.699. The summed E-state index contributed by atoms with van der Waals surface area (Å²) in [7, 11) is 0. The summed E-state index contributed by atoms with van der Waals surface area (Å²) >= 11 is 0. The lowest BCUT2D eigenvalue weighted by Crippen LogP contribution is -2.15. The van der Waals surface area contributed by atoms with Crippen LogP contribution in [0.2, 0.25) is 0 Å². The van der Waals surface area contributed by atoms with E-state index in [1.165, 1.54) is 22.7 Å². The molecule has 0 aliphatic rings. The highest BCUT2D eigenvalue weighted by Gasteiger charge is 2.19. The molecule has 0 saturated heterocycles. The minimum atomic E-state index is -0.626. The summed E-state index contributed by atoms with van der Waals surface area (Å²) in [5.41, 5.74) is 0.430. The van der Waals surface area contributed by atoms with Gasteiger partial charge in [0.05, 0.1) is 6.42 Å². The fraction of sp³-hybridized carbons (Fsp3) is 0.0588. The van der Waals surface area contributed by atoms with Crippen LogP contribution in [0.25, 0.3) is 17.2 Å². The Kier molecular flexibility index (Phi) is 3.50. The van der Waals surface area contributed by atoms with Gasteiger partial charge in [0, 0.05) is 6.20 Å². The van der Waals surface area contributed by atoms with Gasteiger partial charge in [-0.2, -0.15) is 0 Å². The van der Waals surface area contributed by atoms with Crippen molar-refractivity contribution in [3.05, 3.63) is 76.3 Å². The van der Waals surface area contributed by atoms with E-state index in [9.17, 15) is 14.3 Å². The standard InChI is InChI=1S/C17H11FN4O3/c18-11-6-4-10(5-7-11)9-13-20-21-16(25-13)14-15(23)17(24)22-8-2-1-3-12(22)19-14/h1-8,23H,9H2. The molecule has 0 spiro atoms. The Morgan fingerprint density at radius 3 is 2.72 bits per heavy atom. The molecule has 7 nitrogen and oxygen atoms in total. The highest BCUT2D eigenvalue weighted by atomic mass is 19.1. The van der Waals surface area contributed by atoms with Crippen molar-refractivity contribution in [2.75, 3.05) is 0 Å². The lowest BCUT2D eigenvalue weighted by atomic mass is 10.1. The SMILES string of the molecule is O=c1c(O)c(-c2nnc(Cc3ccc(F)cc3)o2)nc2ccccn12. The maximum absolute atomic E-state index is 12.9. The first-order valence-corrected chi connectivity index (χ1v) is 7.39. The minimum Gasteiger partial charge on any atom is -0.501 e. The molecule has 3 aromatic heterocycles. The largest absolute Gasteiger partial charge is 0.501 e. The number of aromatic hydroxyl groups is 1. The van der Waals surface area contributed by atoms with Crippen LogP contribution in [0.15, 0.2) is 57.9 Å². The van der Waals surface area contributed by atoms with Gasteiger partial charge in [0.2, 0.25) is 11.6 Å². The van der Waals surface area contributed by atoms with Crippen LogP contribution < -0.4 is 5.56 Å². The molecule has 1 N–H and O–H groups in total. The van der Waals surface area contributed by atoms with Gasteiger partial charge in [-0.1, -0.05) is 18.2 Å². The smallest absolute Gasteiger partial charge is 0.300 e. The molecule has 0 saturated carbocycles. The zero-order chi connectivity index (χ0) is 17.4. The first kappa shape index (κ1) is 15.0. The summed E-state index contributed by atoms with van der Waals surface area (Å²) in [5, 5.41) is 17.9. The van der Waals surface area contributed by atoms with Crippen molar-refractivity contribution in [2.45, 2.75) is 6.42 Å². The summed E-state index contributed by atoms with van der Waals surface area (Å²) in [6.07, 6.45) is 1.79. The molecule has 0 aliphatic carbocycles. The Morgan fingerprint density at radius 1 is 1.12 bits per heavy atom. The lowest BCUT2D eigenvalue weighted by Gasteiger charge is -2.03. The minimum absolute atomic E-state index is 0.0573. The number of aromatic nitrogens is 4. The quantitative estimate of drug-likeness (QED) is 0.615. The molecule has 25 heavy (non-hydrogen) atoms. The summed E-state index contributed by atoms with van der Waals surface area (Å²) in [6, 6.07) is 10.9. The van der Waals surface area contributed by atoms with E-state index in [0.29, 0.717) is 12.1 Å². The molecule has 0 amide bonds. The molecule has 0 fully saturated rings. The van der Waals surface area contributed by atoms with E-state index in [2.05, 4.69) is 15.2 Å². The van der Waals surface area contributed by atoms with Crippen LogP contribution in [0.3, 0.4) is 0 Å². The Labute approximate surface area is 140 Å². The third-order valence-corrected chi connectivity index (χ3v) is 3.65. The molecule has 3 heterocycles. The van der Waals surface area contributed by atoms with Gasteiger partial charge in [0.1, 0.15) is 11.5 Å². The van der Waals surface area contributed by atoms with Crippen LogP contribution in [0, 0.1) is 5.82 Å². The second-order valence-corrected chi connectivity index (χ2v) is 5.35. The molecule has 0 unspecified atom stereocenters.